The van der Waals surface area contributed by atoms with E-state index in [4.69, 9.17) is 41.5 Å². The van der Waals surface area contributed by atoms with Gasteiger partial charge in [-0.25, -0.2) is 18.7 Å². The van der Waals surface area contributed by atoms with Crippen LogP contribution in [0.2, 0.25) is 36.3 Å². The van der Waals surface area contributed by atoms with Crippen LogP contribution in [-0.2, 0) is 8.85 Å². The number of imidazole rings is 2. The fraction of sp³-hybridized carbons (Fsp3) is 0.349. The maximum Gasteiger partial charge on any atom is 0.262 e. The summed E-state index contributed by atoms with van der Waals surface area (Å²) in [6.45, 7) is 25.7. The molecule has 8 aromatic rings. The molecule has 442 valence electrons. The molecule has 0 spiro atoms. The number of nitrogens with zero attached hydrogens (tertiary/aromatic N) is 6. The minimum Gasteiger partial charge on any atom is -0.495 e. The Hall–Kier alpha value is -6.78. The Kier molecular flexibility index (Phi) is 21.9. The van der Waals surface area contributed by atoms with Crippen molar-refractivity contribution >= 4 is 45.6 Å². The van der Waals surface area contributed by atoms with E-state index < -0.39 is 46.2 Å². The second kappa shape index (κ2) is 27.7. The van der Waals surface area contributed by atoms with Crippen LogP contribution in [0.3, 0.4) is 0 Å². The van der Waals surface area contributed by atoms with E-state index in [2.05, 4.69) is 77.7 Å². The summed E-state index contributed by atoms with van der Waals surface area (Å²) in [5, 5.41) is 11.5. The smallest absolute Gasteiger partial charge is 0.262 e. The number of aryl methyl sites for hydroxylation is 2. The van der Waals surface area contributed by atoms with Crippen molar-refractivity contribution in [2.75, 3.05) is 32.8 Å². The lowest BCUT2D eigenvalue weighted by molar-refractivity contribution is 0.103. The van der Waals surface area contributed by atoms with E-state index in [1.54, 1.807) is 110 Å². The molecular formula is C63H76Cl2F2N6O8Si2. The summed E-state index contributed by atoms with van der Waals surface area (Å²) in [5.74, 6) is -0.127. The highest BCUT2D eigenvalue weighted by atomic mass is 35.5. The van der Waals surface area contributed by atoms with Crippen molar-refractivity contribution < 1.29 is 37.0 Å². The zero-order valence-corrected chi connectivity index (χ0v) is 53.2. The van der Waals surface area contributed by atoms with E-state index in [0.29, 0.717) is 28.2 Å². The van der Waals surface area contributed by atoms with Gasteiger partial charge in [0.1, 0.15) is 29.2 Å². The molecule has 8 rings (SSSR count). The SMILES string of the molecule is COc1cc(C(=O)c2cccn(C(CO[Si](C)(C)C(C)(C)C)c3ccc(F)cc3)c2=O)ccc1-n1cnc(C)c1.COc1cc(C(O)c2cccn(C(CO[Si](C)(C)C(C)(C)C)c3ccc(F)cc3)c2=O)ccc1-n1cnc(C)c1.ClCCl. The van der Waals surface area contributed by atoms with Crippen LogP contribution in [0, 0.1) is 25.5 Å². The third-order valence-corrected chi connectivity index (χ3v) is 24.5. The van der Waals surface area contributed by atoms with Gasteiger partial charge in [-0.1, -0.05) is 71.9 Å². The number of aliphatic hydroxyl groups excluding tert-OH is 1. The minimum atomic E-state index is -2.17. The zero-order valence-electron chi connectivity index (χ0n) is 49.7. The molecule has 0 fully saturated rings. The van der Waals surface area contributed by atoms with Gasteiger partial charge >= 0.3 is 0 Å². The van der Waals surface area contributed by atoms with Gasteiger partial charge in [-0.05, 0) is 146 Å². The maximum absolute atomic E-state index is 13.9. The Balaban J connectivity index is 0.000000255. The molecule has 3 unspecified atom stereocenters. The molecule has 0 radical (unpaired) electrons. The second-order valence-electron chi connectivity index (χ2n) is 23.1. The summed E-state index contributed by atoms with van der Waals surface area (Å²) in [5.41, 5.74) is 4.95. The first-order chi connectivity index (χ1) is 39.1. The highest BCUT2D eigenvalue weighted by Crippen LogP contribution is 2.39. The molecule has 4 heterocycles. The van der Waals surface area contributed by atoms with Gasteiger partial charge in [0.25, 0.3) is 11.1 Å². The van der Waals surface area contributed by atoms with Gasteiger partial charge in [0, 0.05) is 30.4 Å². The molecule has 4 aromatic carbocycles. The van der Waals surface area contributed by atoms with Gasteiger partial charge in [0.05, 0.1) is 91.4 Å². The third kappa shape index (κ3) is 15.9. The van der Waals surface area contributed by atoms with Gasteiger partial charge in [-0.15, -0.1) is 23.2 Å². The quantitative estimate of drug-likeness (QED) is 0.0499. The summed E-state index contributed by atoms with van der Waals surface area (Å²) >= 11 is 9.53. The Morgan fingerprint density at radius 3 is 1.45 bits per heavy atom. The number of pyridine rings is 2. The summed E-state index contributed by atoms with van der Waals surface area (Å²) < 4.78 is 58.5. The molecule has 0 saturated heterocycles. The molecule has 4 aromatic heterocycles. The van der Waals surface area contributed by atoms with Gasteiger partial charge in [-0.2, -0.15) is 0 Å². The third-order valence-electron chi connectivity index (χ3n) is 15.5. The Bertz CT molecular complexity index is 3590. The van der Waals surface area contributed by atoms with Crippen molar-refractivity contribution in [2.24, 2.45) is 0 Å². The summed E-state index contributed by atoms with van der Waals surface area (Å²) in [7, 11) is -1.23. The molecule has 0 aliphatic rings. The van der Waals surface area contributed by atoms with Crippen molar-refractivity contribution in [3.05, 3.63) is 224 Å². The second-order valence-corrected chi connectivity index (χ2v) is 33.5. The minimum absolute atomic E-state index is 0.0233. The molecular weight excluding hydrogens is 1130 g/mol. The van der Waals surface area contributed by atoms with Crippen LogP contribution in [0.25, 0.3) is 11.4 Å². The lowest BCUT2D eigenvalue weighted by Gasteiger charge is -2.37. The number of aliphatic hydroxyl groups is 1. The molecule has 1 N–H and O–H groups in total. The highest BCUT2D eigenvalue weighted by molar-refractivity contribution is 6.74. The molecule has 14 nitrogen and oxygen atoms in total. The number of ketones is 1. The molecule has 0 saturated carbocycles. The number of hydrogen-bond donors (Lipinski definition) is 1. The predicted molar refractivity (Wildman–Crippen MR) is 331 cm³/mol. The Morgan fingerprint density at radius 1 is 0.614 bits per heavy atom. The zero-order chi connectivity index (χ0) is 61.2. The van der Waals surface area contributed by atoms with E-state index in [0.717, 1.165) is 28.3 Å². The lowest BCUT2D eigenvalue weighted by atomic mass is 10.0. The monoisotopic (exact) mass is 1210 g/mol. The van der Waals surface area contributed by atoms with E-state index in [1.807, 2.05) is 41.4 Å². The number of halogens is 4. The highest BCUT2D eigenvalue weighted by Gasteiger charge is 2.39. The molecule has 0 bridgehead atoms. The molecule has 20 heteroatoms. The molecule has 0 aliphatic heterocycles. The fourth-order valence-corrected chi connectivity index (χ4v) is 10.5. The number of carbonyl (C=O) groups excluding carboxylic acids is 1. The van der Waals surface area contributed by atoms with Crippen LogP contribution in [0.1, 0.15) is 109 Å². The average molecular weight is 1210 g/mol. The first-order valence-corrected chi connectivity index (χ1v) is 33.9. The van der Waals surface area contributed by atoms with Gasteiger partial charge in [0.2, 0.25) is 0 Å². The van der Waals surface area contributed by atoms with Crippen molar-refractivity contribution in [1.82, 2.24) is 28.2 Å². The topological polar surface area (TPSA) is 154 Å². The normalized spacial score (nSPS) is 13.0. The number of rotatable bonds is 18. The lowest BCUT2D eigenvalue weighted by Crippen LogP contribution is -2.43. The number of benzene rings is 4. The number of methoxy groups -OCH3 is 2. The number of hydrogen-bond acceptors (Lipinski definition) is 10. The van der Waals surface area contributed by atoms with Crippen LogP contribution in [0.15, 0.2) is 156 Å². The predicted octanol–water partition coefficient (Wildman–Crippen LogP) is 13.9. The first kappa shape index (κ1) is 65.4. The summed E-state index contributed by atoms with van der Waals surface area (Å²) in [6, 6.07) is 28.0. The van der Waals surface area contributed by atoms with Crippen molar-refractivity contribution in [2.45, 2.75) is 110 Å². The maximum atomic E-state index is 13.9. The van der Waals surface area contributed by atoms with E-state index in [-0.39, 0.29) is 57.0 Å². The standard InChI is InChI=1S/C31H38FN3O4Si.C31H36FN3O4Si.CH2Cl2/c2*1-21-18-34(20-33-21)26-15-12-23(17-28(26)38-5)29(36)25-9-8-16-35(30(25)37)27(22-10-13-24(32)14-11-22)19-39-40(6,7)31(2,3)4;2-1-3/h8-18,20,27,29,36H,19H2,1-7H3;8-18,20,27H,19H2,1-7H3;1H2. The van der Waals surface area contributed by atoms with Gasteiger partial charge < -0.3 is 41.7 Å². The molecule has 0 amide bonds. The van der Waals surface area contributed by atoms with E-state index in [9.17, 15) is 28.3 Å². The van der Waals surface area contributed by atoms with Crippen LogP contribution in [0.5, 0.6) is 11.5 Å². The van der Waals surface area contributed by atoms with Crippen molar-refractivity contribution in [1.29, 1.82) is 0 Å². The van der Waals surface area contributed by atoms with Gasteiger partial charge in [-0.3, -0.25) is 14.4 Å². The molecule has 83 heavy (non-hydrogen) atoms. The largest absolute Gasteiger partial charge is 0.495 e. The van der Waals surface area contributed by atoms with Crippen LogP contribution < -0.4 is 20.6 Å². The van der Waals surface area contributed by atoms with Crippen molar-refractivity contribution in [3.8, 4) is 22.9 Å². The summed E-state index contributed by atoms with van der Waals surface area (Å²) in [6.07, 6.45) is 9.25. The number of alkyl halides is 2. The van der Waals surface area contributed by atoms with Crippen molar-refractivity contribution in [3.63, 3.8) is 0 Å². The summed E-state index contributed by atoms with van der Waals surface area (Å²) in [4.78, 5) is 49.8. The van der Waals surface area contributed by atoms with Crippen LogP contribution in [-0.4, -0.2) is 88.5 Å². The molecule has 0 aliphatic carbocycles. The van der Waals surface area contributed by atoms with Crippen LogP contribution >= 0.6 is 23.2 Å². The average Bonchev–Trinajstić information content (AvgIpc) is 4.23. The van der Waals surface area contributed by atoms with Gasteiger partial charge in [0.15, 0.2) is 22.4 Å². The first-order valence-electron chi connectivity index (χ1n) is 27.0. The van der Waals surface area contributed by atoms with E-state index in [1.165, 1.54) is 42.0 Å². The van der Waals surface area contributed by atoms with E-state index >= 15 is 0 Å². The fourth-order valence-electron chi connectivity index (χ4n) is 8.51. The molecule has 3 atom stereocenters. The Morgan fingerprint density at radius 2 is 1.02 bits per heavy atom. The number of carbonyl (C=O) groups is 1. The van der Waals surface area contributed by atoms with Crippen LogP contribution in [0.4, 0.5) is 8.78 Å². The number of ether oxygens (including phenoxy) is 2. The number of aromatic nitrogens is 6. The Labute approximate surface area is 497 Å².